The van der Waals surface area contributed by atoms with Crippen LogP contribution < -0.4 is 10.2 Å². The lowest BCUT2D eigenvalue weighted by Gasteiger charge is -2.41. The van der Waals surface area contributed by atoms with Crippen LogP contribution in [0.1, 0.15) is 43.0 Å². The lowest BCUT2D eigenvalue weighted by atomic mass is 9.87. The first kappa shape index (κ1) is 20.0. The van der Waals surface area contributed by atoms with Gasteiger partial charge in [-0.05, 0) is 68.2 Å². The molecule has 154 valence electrons. The maximum atomic E-state index is 12.9. The Balaban J connectivity index is 1.67. The van der Waals surface area contributed by atoms with Crippen molar-refractivity contribution in [2.24, 2.45) is 0 Å². The Labute approximate surface area is 177 Å². The quantitative estimate of drug-likeness (QED) is 0.598. The van der Waals surface area contributed by atoms with E-state index in [9.17, 15) is 9.59 Å². The van der Waals surface area contributed by atoms with Crippen molar-refractivity contribution >= 4 is 29.3 Å². The number of rotatable bonds is 3. The lowest BCUT2D eigenvalue weighted by molar-refractivity contribution is -0.123. The van der Waals surface area contributed by atoms with Gasteiger partial charge in [0.25, 0.3) is 5.91 Å². The van der Waals surface area contributed by atoms with Gasteiger partial charge < -0.3 is 10.2 Å². The number of amides is 3. The van der Waals surface area contributed by atoms with Crippen LogP contribution in [0.25, 0.3) is 11.6 Å². The Morgan fingerprint density at radius 3 is 2.47 bits per heavy atom. The van der Waals surface area contributed by atoms with Crippen LogP contribution in [0.15, 0.2) is 54.2 Å². The number of carbonyl (C=O) groups is 2. The molecule has 3 amide bonds. The summed E-state index contributed by atoms with van der Waals surface area (Å²) in [5.74, 6) is -0.300. The molecule has 1 saturated heterocycles. The third-order valence-corrected chi connectivity index (χ3v) is 6.05. The van der Waals surface area contributed by atoms with E-state index in [-0.39, 0.29) is 24.0 Å². The fraction of sp³-hybridized carbons (Fsp3) is 0.280. The van der Waals surface area contributed by atoms with Gasteiger partial charge in [-0.15, -0.1) is 0 Å². The van der Waals surface area contributed by atoms with Gasteiger partial charge in [-0.2, -0.15) is 0 Å². The summed E-state index contributed by atoms with van der Waals surface area (Å²) in [6.45, 7) is 8.79. The Morgan fingerprint density at radius 1 is 1.07 bits per heavy atom. The third kappa shape index (κ3) is 3.41. The molecule has 2 aliphatic heterocycles. The number of fused-ring (bicyclic) bond motifs is 1. The van der Waals surface area contributed by atoms with Crippen molar-refractivity contribution < 1.29 is 9.59 Å². The average molecular weight is 402 g/mol. The molecule has 2 heterocycles. The number of aryl methyl sites for hydroxylation is 1. The van der Waals surface area contributed by atoms with E-state index < -0.39 is 0 Å². The van der Waals surface area contributed by atoms with Gasteiger partial charge in [0.15, 0.2) is 0 Å². The molecular weight excluding hydrogens is 374 g/mol. The molecule has 0 saturated carbocycles. The number of allylic oxidation sites excluding steroid dienone is 1. The average Bonchev–Trinajstić information content (AvgIpc) is 2.95. The predicted molar refractivity (Wildman–Crippen MR) is 121 cm³/mol. The first-order valence-electron chi connectivity index (χ1n) is 10.1. The zero-order valence-corrected chi connectivity index (χ0v) is 18.1. The van der Waals surface area contributed by atoms with E-state index in [0.29, 0.717) is 5.70 Å². The highest BCUT2D eigenvalue weighted by atomic mass is 16.2. The molecule has 0 aromatic heterocycles. The minimum atomic E-state index is -0.386. The molecule has 1 fully saturated rings. The van der Waals surface area contributed by atoms with Gasteiger partial charge in [0.05, 0.1) is 12.1 Å². The Bertz CT molecular complexity index is 1100. The number of likely N-dealkylation sites (N-methyl/N-ethyl adjacent to an activating group) is 1. The zero-order chi connectivity index (χ0) is 21.6. The highest BCUT2D eigenvalue weighted by molar-refractivity contribution is 6.14. The molecule has 0 aliphatic carbocycles. The summed E-state index contributed by atoms with van der Waals surface area (Å²) in [7, 11) is 2.10. The number of hydrogen-bond acceptors (Lipinski definition) is 3. The summed E-state index contributed by atoms with van der Waals surface area (Å²) in [5, 5.41) is 2.74. The summed E-state index contributed by atoms with van der Waals surface area (Å²) >= 11 is 0. The van der Waals surface area contributed by atoms with E-state index in [1.54, 1.807) is 6.08 Å². The van der Waals surface area contributed by atoms with Crippen molar-refractivity contribution in [3.8, 4) is 0 Å². The number of hydrogen-bond donors (Lipinski definition) is 1. The number of imide groups is 1. The normalized spacial score (nSPS) is 19.1. The minimum absolute atomic E-state index is 0.0587. The van der Waals surface area contributed by atoms with Crippen LogP contribution in [0.2, 0.25) is 0 Å². The zero-order valence-electron chi connectivity index (χ0n) is 18.1. The first-order valence-corrected chi connectivity index (χ1v) is 10.1. The molecule has 4 rings (SSSR count). The van der Waals surface area contributed by atoms with E-state index in [0.717, 1.165) is 22.3 Å². The van der Waals surface area contributed by atoms with Gasteiger partial charge in [0.1, 0.15) is 5.70 Å². The second-order valence-corrected chi connectivity index (χ2v) is 8.63. The highest BCUT2D eigenvalue weighted by Crippen LogP contribution is 2.39. The largest absolute Gasteiger partial charge is 0.365 e. The maximum absolute atomic E-state index is 12.9. The Morgan fingerprint density at radius 2 is 1.77 bits per heavy atom. The lowest BCUT2D eigenvalue weighted by Crippen LogP contribution is -2.42. The van der Waals surface area contributed by atoms with Crippen LogP contribution in [-0.2, 0) is 11.3 Å². The Hall–Kier alpha value is -3.34. The van der Waals surface area contributed by atoms with Gasteiger partial charge in [-0.1, -0.05) is 36.4 Å². The molecule has 5 nitrogen and oxygen atoms in total. The molecule has 2 aromatic carbocycles. The molecule has 1 N–H and O–H groups in total. The fourth-order valence-corrected chi connectivity index (χ4v) is 4.11. The second-order valence-electron chi connectivity index (χ2n) is 8.63. The first-order chi connectivity index (χ1) is 14.2. The molecule has 2 aromatic rings. The molecule has 0 radical (unpaired) electrons. The number of nitrogens with zero attached hydrogens (tertiary/aromatic N) is 2. The van der Waals surface area contributed by atoms with Gasteiger partial charge in [0, 0.05) is 18.3 Å². The summed E-state index contributed by atoms with van der Waals surface area (Å²) in [5.41, 5.74) is 6.68. The van der Waals surface area contributed by atoms with Crippen molar-refractivity contribution in [3.05, 3.63) is 76.5 Å². The highest BCUT2D eigenvalue weighted by Gasteiger charge is 2.34. The van der Waals surface area contributed by atoms with Gasteiger partial charge in [0.2, 0.25) is 0 Å². The van der Waals surface area contributed by atoms with E-state index in [1.165, 1.54) is 16.2 Å². The molecule has 2 aliphatic rings. The van der Waals surface area contributed by atoms with Crippen LogP contribution in [0.3, 0.4) is 0 Å². The van der Waals surface area contributed by atoms with Crippen LogP contribution in [-0.4, -0.2) is 29.4 Å². The minimum Gasteiger partial charge on any atom is -0.365 e. The van der Waals surface area contributed by atoms with Crippen molar-refractivity contribution in [3.63, 3.8) is 0 Å². The van der Waals surface area contributed by atoms with E-state index in [1.807, 2.05) is 37.3 Å². The molecule has 0 spiro atoms. The molecular formula is C25H27N3O2. The van der Waals surface area contributed by atoms with Gasteiger partial charge >= 0.3 is 6.03 Å². The summed E-state index contributed by atoms with van der Waals surface area (Å²) in [6.07, 6.45) is 4.04. The molecule has 30 heavy (non-hydrogen) atoms. The molecule has 0 unspecified atom stereocenters. The number of urea groups is 1. The SMILES string of the molecule is CC1=CC(C)(C)N(C)c2cc(C)c(/C=C3/NC(=O)N(Cc4ccccc4)C3=O)cc21. The monoisotopic (exact) mass is 401 g/mol. The topological polar surface area (TPSA) is 52.7 Å². The van der Waals surface area contributed by atoms with Crippen LogP contribution in [0, 0.1) is 6.92 Å². The Kier molecular flexibility index (Phi) is 4.77. The van der Waals surface area contributed by atoms with Crippen LogP contribution in [0.4, 0.5) is 10.5 Å². The van der Waals surface area contributed by atoms with Crippen molar-refractivity contribution in [1.29, 1.82) is 0 Å². The van der Waals surface area contributed by atoms with E-state index in [4.69, 9.17) is 0 Å². The number of benzene rings is 2. The van der Waals surface area contributed by atoms with Crippen LogP contribution >= 0.6 is 0 Å². The number of anilines is 1. The fourth-order valence-electron chi connectivity index (χ4n) is 4.11. The third-order valence-electron chi connectivity index (χ3n) is 6.05. The summed E-state index contributed by atoms with van der Waals surface area (Å²) in [6, 6.07) is 13.4. The van der Waals surface area contributed by atoms with E-state index >= 15 is 0 Å². The smallest absolute Gasteiger partial charge is 0.329 e. The van der Waals surface area contributed by atoms with Crippen molar-refractivity contribution in [2.45, 2.75) is 39.8 Å². The predicted octanol–water partition coefficient (Wildman–Crippen LogP) is 4.72. The number of nitrogens with one attached hydrogen (secondary N) is 1. The molecule has 0 atom stereocenters. The second kappa shape index (κ2) is 7.17. The number of carbonyl (C=O) groups excluding carboxylic acids is 2. The van der Waals surface area contributed by atoms with Gasteiger partial charge in [-0.3, -0.25) is 9.69 Å². The van der Waals surface area contributed by atoms with Crippen molar-refractivity contribution in [2.75, 3.05) is 11.9 Å². The standard InChI is InChI=1S/C25H27N3O2/c1-16-11-22-20(17(2)14-25(3,4)27(22)5)12-19(16)13-21-23(29)28(24(30)26-21)15-18-9-7-6-8-10-18/h6-14H,15H2,1-5H3,(H,26,30)/b21-13+. The maximum Gasteiger partial charge on any atom is 0.329 e. The van der Waals surface area contributed by atoms with Crippen molar-refractivity contribution in [1.82, 2.24) is 10.2 Å². The molecule has 5 heteroatoms. The summed E-state index contributed by atoms with van der Waals surface area (Å²) < 4.78 is 0. The summed E-state index contributed by atoms with van der Waals surface area (Å²) in [4.78, 5) is 28.8. The van der Waals surface area contributed by atoms with E-state index in [2.05, 4.69) is 56.2 Å². The molecule has 0 bridgehead atoms. The van der Waals surface area contributed by atoms with Crippen LogP contribution in [0.5, 0.6) is 0 Å². The van der Waals surface area contributed by atoms with Gasteiger partial charge in [-0.25, -0.2) is 4.79 Å².